The summed E-state index contributed by atoms with van der Waals surface area (Å²) in [6, 6.07) is -0.482. The minimum Gasteiger partial charge on any atom is -0.323 e. The van der Waals surface area contributed by atoms with Crippen LogP contribution >= 0.6 is 7.60 Å². The highest BCUT2D eigenvalue weighted by atomic mass is 31.2. The zero-order valence-electron chi connectivity index (χ0n) is 22.3. The van der Waals surface area contributed by atoms with Crippen LogP contribution in [0, 0.1) is 5.92 Å². The molecule has 1 aliphatic rings. The average molecular weight is 503 g/mol. The van der Waals surface area contributed by atoms with Crippen molar-refractivity contribution in [2.45, 2.75) is 130 Å². The van der Waals surface area contributed by atoms with E-state index >= 15 is 0 Å². The van der Waals surface area contributed by atoms with Gasteiger partial charge in [0.1, 0.15) is 5.54 Å². The van der Waals surface area contributed by atoms with E-state index < -0.39 is 19.2 Å². The maximum absolute atomic E-state index is 13.6. The van der Waals surface area contributed by atoms with Gasteiger partial charge in [-0.3, -0.25) is 14.7 Å². The molecule has 1 aliphatic heterocycles. The van der Waals surface area contributed by atoms with Crippen LogP contribution in [0.25, 0.3) is 0 Å². The zero-order chi connectivity index (χ0) is 25.3. The molecule has 0 aromatic heterocycles. The second-order valence-corrected chi connectivity index (χ2v) is 12.4. The van der Waals surface area contributed by atoms with E-state index in [1.54, 1.807) is 0 Å². The first-order valence-corrected chi connectivity index (χ1v) is 15.5. The van der Waals surface area contributed by atoms with Crippen LogP contribution in [0.1, 0.15) is 124 Å². The Labute approximate surface area is 208 Å². The summed E-state index contributed by atoms with van der Waals surface area (Å²) < 4.78 is 25.3. The Hall–Kier alpha value is -0.910. The van der Waals surface area contributed by atoms with Gasteiger partial charge < -0.3 is 14.4 Å². The van der Waals surface area contributed by atoms with Crippen molar-refractivity contribution in [1.82, 2.24) is 10.6 Å². The van der Waals surface area contributed by atoms with Gasteiger partial charge in [0.2, 0.25) is 0 Å². The Morgan fingerprint density at radius 1 is 0.794 bits per heavy atom. The van der Waals surface area contributed by atoms with Crippen molar-refractivity contribution in [3.63, 3.8) is 0 Å². The van der Waals surface area contributed by atoms with Gasteiger partial charge in [0.25, 0.3) is 5.91 Å². The number of rotatable bonds is 22. The Balaban J connectivity index is 2.66. The van der Waals surface area contributed by atoms with Crippen molar-refractivity contribution in [2.75, 3.05) is 19.4 Å². The van der Waals surface area contributed by atoms with E-state index in [0.29, 0.717) is 25.6 Å². The number of nitrogens with one attached hydrogen (secondary N) is 2. The van der Waals surface area contributed by atoms with Crippen LogP contribution < -0.4 is 10.6 Å². The standard InChI is InChI=1S/C26H51N2O5P/c1-5-7-9-11-13-15-20-32-34(31,33-21-16-14-12-10-8-6-2)22-19-26(18-17-23(3)4)24(29)27-25(30)28-26/h23H,5-22H2,1-4H3,(H2,27,28,29,30). The Morgan fingerprint density at radius 2 is 1.29 bits per heavy atom. The average Bonchev–Trinajstić information content (AvgIpc) is 3.08. The predicted octanol–water partition coefficient (Wildman–Crippen LogP) is 7.34. The van der Waals surface area contributed by atoms with Crippen LogP contribution in [0.4, 0.5) is 4.79 Å². The zero-order valence-corrected chi connectivity index (χ0v) is 23.2. The van der Waals surface area contributed by atoms with Crippen molar-refractivity contribution in [2.24, 2.45) is 5.92 Å². The summed E-state index contributed by atoms with van der Waals surface area (Å²) in [5, 5.41) is 5.17. The molecule has 34 heavy (non-hydrogen) atoms. The molecule has 1 saturated heterocycles. The molecule has 1 heterocycles. The first-order chi connectivity index (χ1) is 16.3. The van der Waals surface area contributed by atoms with E-state index in [4.69, 9.17) is 9.05 Å². The molecule has 7 nitrogen and oxygen atoms in total. The molecule has 8 heteroatoms. The monoisotopic (exact) mass is 502 g/mol. The number of amides is 3. The number of carbonyl (C=O) groups excluding carboxylic acids is 2. The summed E-state index contributed by atoms with van der Waals surface area (Å²) in [7, 11) is -3.36. The number of imide groups is 1. The third-order valence-corrected chi connectivity index (χ3v) is 8.47. The lowest BCUT2D eigenvalue weighted by molar-refractivity contribution is -0.124. The summed E-state index contributed by atoms with van der Waals surface area (Å²) in [5.41, 5.74) is -1.04. The highest BCUT2D eigenvalue weighted by molar-refractivity contribution is 7.53. The second-order valence-electron chi connectivity index (χ2n) is 10.2. The molecular weight excluding hydrogens is 451 g/mol. The fourth-order valence-electron chi connectivity index (χ4n) is 4.21. The van der Waals surface area contributed by atoms with Gasteiger partial charge in [-0.15, -0.1) is 0 Å². The fraction of sp³-hybridized carbons (Fsp3) is 0.923. The van der Waals surface area contributed by atoms with E-state index in [-0.39, 0.29) is 18.5 Å². The van der Waals surface area contributed by atoms with Crippen LogP contribution in [-0.2, 0) is 18.4 Å². The maximum atomic E-state index is 13.6. The molecule has 200 valence electrons. The maximum Gasteiger partial charge on any atom is 0.330 e. The topological polar surface area (TPSA) is 93.7 Å². The molecule has 0 bridgehead atoms. The van der Waals surface area contributed by atoms with Gasteiger partial charge in [-0.25, -0.2) is 4.79 Å². The molecule has 1 atom stereocenters. The van der Waals surface area contributed by atoms with Crippen molar-refractivity contribution < 1.29 is 23.2 Å². The molecule has 3 amide bonds. The molecule has 1 unspecified atom stereocenters. The van der Waals surface area contributed by atoms with Crippen LogP contribution in [0.2, 0.25) is 0 Å². The third-order valence-electron chi connectivity index (χ3n) is 6.55. The minimum atomic E-state index is -3.36. The van der Waals surface area contributed by atoms with Gasteiger partial charge in [0.15, 0.2) is 0 Å². The van der Waals surface area contributed by atoms with Crippen LogP contribution in [0.5, 0.6) is 0 Å². The molecule has 0 aliphatic carbocycles. The predicted molar refractivity (Wildman–Crippen MR) is 139 cm³/mol. The molecule has 0 spiro atoms. The van der Waals surface area contributed by atoms with E-state index in [0.717, 1.165) is 44.9 Å². The first-order valence-electron chi connectivity index (χ1n) is 13.8. The Kier molecular flexibility index (Phi) is 16.0. The van der Waals surface area contributed by atoms with Gasteiger partial charge in [0.05, 0.1) is 19.4 Å². The molecule has 0 aromatic rings. The van der Waals surface area contributed by atoms with Crippen molar-refractivity contribution in [3.8, 4) is 0 Å². The van der Waals surface area contributed by atoms with E-state index in [2.05, 4.69) is 38.3 Å². The van der Waals surface area contributed by atoms with Crippen molar-refractivity contribution >= 4 is 19.5 Å². The number of carbonyl (C=O) groups is 2. The fourth-order valence-corrected chi connectivity index (χ4v) is 6.01. The number of unbranched alkanes of at least 4 members (excludes halogenated alkanes) is 10. The van der Waals surface area contributed by atoms with Gasteiger partial charge in [0, 0.05) is 0 Å². The molecule has 2 N–H and O–H groups in total. The molecule has 1 fully saturated rings. The van der Waals surface area contributed by atoms with Crippen LogP contribution in [-0.4, -0.2) is 36.9 Å². The minimum absolute atomic E-state index is 0.129. The molecular formula is C26H51N2O5P. The quantitative estimate of drug-likeness (QED) is 0.0917. The van der Waals surface area contributed by atoms with Crippen molar-refractivity contribution in [1.29, 1.82) is 0 Å². The highest BCUT2D eigenvalue weighted by Gasteiger charge is 2.47. The summed E-state index contributed by atoms with van der Waals surface area (Å²) in [6.07, 6.45) is 15.1. The lowest BCUT2D eigenvalue weighted by Crippen LogP contribution is -2.47. The molecule has 0 aromatic carbocycles. The smallest absolute Gasteiger partial charge is 0.323 e. The second kappa shape index (κ2) is 17.5. The van der Waals surface area contributed by atoms with E-state index in [1.807, 2.05) is 0 Å². The third kappa shape index (κ3) is 12.7. The van der Waals surface area contributed by atoms with Gasteiger partial charge in [-0.2, -0.15) is 0 Å². The normalized spacial score (nSPS) is 18.5. The highest BCUT2D eigenvalue weighted by Crippen LogP contribution is 2.50. The van der Waals surface area contributed by atoms with Crippen molar-refractivity contribution in [3.05, 3.63) is 0 Å². The summed E-state index contributed by atoms with van der Waals surface area (Å²) >= 11 is 0. The van der Waals surface area contributed by atoms with Crippen LogP contribution in [0.3, 0.4) is 0 Å². The lowest BCUT2D eigenvalue weighted by atomic mass is 9.88. The van der Waals surface area contributed by atoms with E-state index in [9.17, 15) is 14.2 Å². The SMILES string of the molecule is CCCCCCCCOP(=O)(CCC1(CCC(C)C)NC(=O)NC1=O)OCCCCCCCC. The lowest BCUT2D eigenvalue weighted by Gasteiger charge is -2.28. The van der Waals surface area contributed by atoms with Gasteiger partial charge in [-0.1, -0.05) is 91.9 Å². The number of hydrogen-bond donors (Lipinski definition) is 2. The van der Waals surface area contributed by atoms with Crippen LogP contribution in [0.15, 0.2) is 0 Å². The molecule has 0 saturated carbocycles. The van der Waals surface area contributed by atoms with Gasteiger partial charge >= 0.3 is 13.6 Å². The Morgan fingerprint density at radius 3 is 1.74 bits per heavy atom. The Bertz CT molecular complexity index is 606. The summed E-state index contributed by atoms with van der Waals surface area (Å²) in [5.74, 6) is 0.0541. The summed E-state index contributed by atoms with van der Waals surface area (Å²) in [4.78, 5) is 24.5. The van der Waals surface area contributed by atoms with Gasteiger partial charge in [-0.05, 0) is 38.0 Å². The number of urea groups is 1. The van der Waals surface area contributed by atoms with E-state index in [1.165, 1.54) is 38.5 Å². The largest absolute Gasteiger partial charge is 0.330 e. The molecule has 1 rings (SSSR count). The number of hydrogen-bond acceptors (Lipinski definition) is 5. The molecule has 0 radical (unpaired) electrons. The first kappa shape index (κ1) is 31.1. The summed E-state index contributed by atoms with van der Waals surface area (Å²) in [6.45, 7) is 9.36.